The normalized spacial score (nSPS) is 22.5. The van der Waals surface area contributed by atoms with E-state index < -0.39 is 23.3 Å². The van der Waals surface area contributed by atoms with Crippen molar-refractivity contribution in [2.75, 3.05) is 0 Å². The summed E-state index contributed by atoms with van der Waals surface area (Å²) in [5.74, 6) is -1.38. The first-order chi connectivity index (χ1) is 18.9. The summed E-state index contributed by atoms with van der Waals surface area (Å²) >= 11 is 0. The van der Waals surface area contributed by atoms with Crippen LogP contribution in [0.4, 0.5) is 17.6 Å². The van der Waals surface area contributed by atoms with Crippen LogP contribution >= 0.6 is 0 Å². The molecule has 5 rings (SSSR count). The largest absolute Gasteiger partial charge is 0.203 e. The second kappa shape index (κ2) is 12.6. The first-order valence-corrected chi connectivity index (χ1v) is 15.6. The number of allylic oxidation sites excluding steroid dienone is 2. The lowest BCUT2D eigenvalue weighted by Crippen LogP contribution is -2.23. The van der Waals surface area contributed by atoms with Gasteiger partial charge in [0.2, 0.25) is 0 Å². The Kier molecular flexibility index (Phi) is 9.19. The van der Waals surface area contributed by atoms with Gasteiger partial charge in [-0.15, -0.1) is 0 Å². The molecule has 0 bridgehead atoms. The Morgan fingerprint density at radius 2 is 1.31 bits per heavy atom. The monoisotopic (exact) mass is 540 g/mol. The number of hydrogen-bond donors (Lipinski definition) is 0. The minimum atomic E-state index is -1.05. The Labute approximate surface area is 232 Å². The van der Waals surface area contributed by atoms with Gasteiger partial charge in [0.15, 0.2) is 23.3 Å². The molecule has 1 fully saturated rings. The molecule has 4 heteroatoms. The Hall–Kier alpha value is -2.10. The van der Waals surface area contributed by atoms with Crippen LogP contribution in [0.1, 0.15) is 120 Å². The average molecular weight is 541 g/mol. The number of halogens is 4. The number of benzene rings is 2. The molecule has 2 aromatic carbocycles. The highest BCUT2D eigenvalue weighted by atomic mass is 19.2. The van der Waals surface area contributed by atoms with Gasteiger partial charge in [0.05, 0.1) is 0 Å². The summed E-state index contributed by atoms with van der Waals surface area (Å²) in [5, 5.41) is 0. The molecule has 0 amide bonds. The maximum absolute atomic E-state index is 15.3. The lowest BCUT2D eigenvalue weighted by atomic mass is 9.70. The van der Waals surface area contributed by atoms with E-state index in [0.717, 1.165) is 37.0 Å². The molecule has 0 N–H and O–H groups in total. The molecule has 1 saturated carbocycles. The predicted molar refractivity (Wildman–Crippen MR) is 152 cm³/mol. The van der Waals surface area contributed by atoms with E-state index in [2.05, 4.69) is 13.0 Å². The molecule has 1 atom stereocenters. The van der Waals surface area contributed by atoms with Gasteiger partial charge in [-0.05, 0) is 97.8 Å². The highest BCUT2D eigenvalue weighted by Crippen LogP contribution is 2.44. The van der Waals surface area contributed by atoms with Gasteiger partial charge in [-0.2, -0.15) is 0 Å². The second-order valence-corrected chi connectivity index (χ2v) is 12.5. The van der Waals surface area contributed by atoms with Crippen molar-refractivity contribution in [3.05, 3.63) is 69.3 Å². The average Bonchev–Trinajstić information content (AvgIpc) is 3.32. The molecule has 2 aromatic rings. The lowest BCUT2D eigenvalue weighted by Gasteiger charge is -2.35. The molecule has 0 saturated heterocycles. The van der Waals surface area contributed by atoms with E-state index in [4.69, 9.17) is 0 Å². The van der Waals surface area contributed by atoms with Crippen LogP contribution in [-0.2, 0) is 19.3 Å². The van der Waals surface area contributed by atoms with E-state index in [1.807, 2.05) is 6.92 Å². The van der Waals surface area contributed by atoms with Gasteiger partial charge in [0, 0.05) is 11.1 Å². The molecule has 0 nitrogen and oxygen atoms in total. The zero-order chi connectivity index (χ0) is 27.5. The minimum absolute atomic E-state index is 0.0921. The summed E-state index contributed by atoms with van der Waals surface area (Å²) in [6.45, 7) is 4.18. The molecule has 0 radical (unpaired) electrons. The van der Waals surface area contributed by atoms with Crippen LogP contribution in [0.2, 0.25) is 0 Å². The van der Waals surface area contributed by atoms with Gasteiger partial charge in [-0.25, -0.2) is 17.6 Å². The SMILES string of the molecule is CCCCCC1CCC(C2CC=C(CCc3cc4c(c(F)c3F)-c3c(cc(CCC)c(F)c3F)C4)CC2)CC1. The van der Waals surface area contributed by atoms with E-state index in [1.165, 1.54) is 63.4 Å². The first kappa shape index (κ1) is 28.4. The van der Waals surface area contributed by atoms with Gasteiger partial charge < -0.3 is 0 Å². The van der Waals surface area contributed by atoms with Crippen molar-refractivity contribution in [3.8, 4) is 11.1 Å². The maximum Gasteiger partial charge on any atom is 0.167 e. The number of rotatable bonds is 10. The number of hydrogen-bond acceptors (Lipinski definition) is 0. The Bertz CT molecular complexity index is 1200. The molecule has 1 unspecified atom stereocenters. The van der Waals surface area contributed by atoms with Crippen molar-refractivity contribution in [3.63, 3.8) is 0 Å². The standard InChI is InChI=1S/C35H44F4/c1-3-5-6-8-22-9-14-24(15-10-22)25-16-11-23(12-17-25)13-18-27-20-29-21-28-19-26(7-4-2)32(36)34(38)30(28)31(29)35(39)33(27)37/h11,19-20,22,24-25H,3-10,12-18,21H2,1-2H3. The first-order valence-electron chi connectivity index (χ1n) is 15.6. The van der Waals surface area contributed by atoms with Crippen LogP contribution < -0.4 is 0 Å². The smallest absolute Gasteiger partial charge is 0.167 e. The van der Waals surface area contributed by atoms with E-state index >= 15 is 8.78 Å². The van der Waals surface area contributed by atoms with E-state index in [-0.39, 0.29) is 11.1 Å². The number of aryl methyl sites for hydroxylation is 2. The molecule has 39 heavy (non-hydrogen) atoms. The quantitative estimate of drug-likeness (QED) is 0.136. The molecular weight excluding hydrogens is 496 g/mol. The summed E-state index contributed by atoms with van der Waals surface area (Å²) in [7, 11) is 0. The van der Waals surface area contributed by atoms with E-state index in [0.29, 0.717) is 47.9 Å². The van der Waals surface area contributed by atoms with Gasteiger partial charge in [-0.3, -0.25) is 0 Å². The van der Waals surface area contributed by atoms with Crippen molar-refractivity contribution in [2.24, 2.45) is 17.8 Å². The summed E-state index contributed by atoms with van der Waals surface area (Å²) in [4.78, 5) is 0. The molecule has 3 aliphatic carbocycles. The zero-order valence-electron chi connectivity index (χ0n) is 23.8. The molecular formula is C35H44F4. The summed E-state index contributed by atoms with van der Waals surface area (Å²) in [6, 6.07) is 3.33. The predicted octanol–water partition coefficient (Wildman–Crippen LogP) is 10.8. The third-order valence-electron chi connectivity index (χ3n) is 9.91. The van der Waals surface area contributed by atoms with Crippen LogP contribution in [0.25, 0.3) is 11.1 Å². The fraction of sp³-hybridized carbons (Fsp3) is 0.600. The lowest BCUT2D eigenvalue weighted by molar-refractivity contribution is 0.185. The summed E-state index contributed by atoms with van der Waals surface area (Å²) in [6.07, 6.45) is 19.3. The van der Waals surface area contributed by atoms with Crippen molar-refractivity contribution in [1.29, 1.82) is 0 Å². The molecule has 0 heterocycles. The number of fused-ring (bicyclic) bond motifs is 3. The third-order valence-corrected chi connectivity index (χ3v) is 9.91. The maximum atomic E-state index is 15.3. The third kappa shape index (κ3) is 6.00. The highest BCUT2D eigenvalue weighted by molar-refractivity contribution is 5.79. The van der Waals surface area contributed by atoms with Crippen LogP contribution in [0.3, 0.4) is 0 Å². The number of unbranched alkanes of at least 4 members (excludes halogenated alkanes) is 2. The van der Waals surface area contributed by atoms with Crippen molar-refractivity contribution in [2.45, 2.75) is 117 Å². The molecule has 3 aliphatic rings. The molecule has 0 spiro atoms. The van der Waals surface area contributed by atoms with E-state index in [1.54, 1.807) is 12.1 Å². The Morgan fingerprint density at radius 3 is 1.87 bits per heavy atom. The summed E-state index contributed by atoms with van der Waals surface area (Å²) < 4.78 is 60.0. The van der Waals surface area contributed by atoms with Gasteiger partial charge in [-0.1, -0.05) is 82.6 Å². The van der Waals surface area contributed by atoms with Gasteiger partial charge >= 0.3 is 0 Å². The fourth-order valence-electron chi connectivity index (χ4n) is 7.62. The van der Waals surface area contributed by atoms with Crippen molar-refractivity contribution >= 4 is 0 Å². The molecule has 0 aromatic heterocycles. The van der Waals surface area contributed by atoms with E-state index in [9.17, 15) is 8.78 Å². The molecule has 0 aliphatic heterocycles. The highest BCUT2D eigenvalue weighted by Gasteiger charge is 2.32. The fourth-order valence-corrected chi connectivity index (χ4v) is 7.62. The zero-order valence-corrected chi connectivity index (χ0v) is 23.8. The molecule has 212 valence electrons. The van der Waals surface area contributed by atoms with Crippen molar-refractivity contribution < 1.29 is 17.6 Å². The summed E-state index contributed by atoms with van der Waals surface area (Å²) in [5.41, 5.74) is 2.93. The Morgan fingerprint density at radius 1 is 0.667 bits per heavy atom. The topological polar surface area (TPSA) is 0 Å². The van der Waals surface area contributed by atoms with Crippen LogP contribution in [0, 0.1) is 41.0 Å². The van der Waals surface area contributed by atoms with Crippen LogP contribution in [-0.4, -0.2) is 0 Å². The van der Waals surface area contributed by atoms with Crippen molar-refractivity contribution in [1.82, 2.24) is 0 Å². The van der Waals surface area contributed by atoms with Crippen LogP contribution in [0.15, 0.2) is 23.8 Å². The second-order valence-electron chi connectivity index (χ2n) is 12.5. The minimum Gasteiger partial charge on any atom is -0.203 e. The van der Waals surface area contributed by atoms with Crippen LogP contribution in [0.5, 0.6) is 0 Å². The Balaban J connectivity index is 1.20. The van der Waals surface area contributed by atoms with Gasteiger partial charge in [0.1, 0.15) is 0 Å². The van der Waals surface area contributed by atoms with Gasteiger partial charge in [0.25, 0.3) is 0 Å².